The van der Waals surface area contributed by atoms with E-state index in [1.165, 1.54) is 0 Å². The molecular formula is C20H34N4O4S. The van der Waals surface area contributed by atoms with Crippen LogP contribution in [-0.4, -0.2) is 68.9 Å². The summed E-state index contributed by atoms with van der Waals surface area (Å²) in [5, 5.41) is 17.0. The number of hydrogen-bond donors (Lipinski definition) is 3. The summed E-state index contributed by atoms with van der Waals surface area (Å²) in [5.74, 6) is 1.53. The molecule has 8 nitrogen and oxygen atoms in total. The van der Waals surface area contributed by atoms with Gasteiger partial charge in [-0.05, 0) is 43.9 Å². The molecule has 0 saturated carbocycles. The molecule has 0 aromatic heterocycles. The fourth-order valence-electron chi connectivity index (χ4n) is 3.31. The van der Waals surface area contributed by atoms with Crippen molar-refractivity contribution in [2.75, 3.05) is 39.0 Å². The molecule has 1 aromatic carbocycles. The van der Waals surface area contributed by atoms with Gasteiger partial charge in [0.15, 0.2) is 5.96 Å². The van der Waals surface area contributed by atoms with E-state index in [4.69, 9.17) is 4.74 Å². The third-order valence-electron chi connectivity index (χ3n) is 4.90. The Labute approximate surface area is 174 Å². The van der Waals surface area contributed by atoms with Gasteiger partial charge in [-0.2, -0.15) is 0 Å². The third-order valence-corrected chi connectivity index (χ3v) is 6.97. The first-order valence-corrected chi connectivity index (χ1v) is 11.8. The quantitative estimate of drug-likeness (QED) is 0.408. The number of aliphatic hydroxyl groups is 1. The summed E-state index contributed by atoms with van der Waals surface area (Å²) in [6.07, 6.45) is 1.35. The molecule has 1 heterocycles. The number of nitrogens with one attached hydrogen (secondary N) is 2. The van der Waals surface area contributed by atoms with Crippen molar-refractivity contribution in [3.05, 3.63) is 29.8 Å². The van der Waals surface area contributed by atoms with Crippen LogP contribution in [0.1, 0.15) is 44.8 Å². The van der Waals surface area contributed by atoms with Crippen LogP contribution in [0.25, 0.3) is 0 Å². The van der Waals surface area contributed by atoms with Crippen LogP contribution in [0.2, 0.25) is 0 Å². The number of benzene rings is 1. The van der Waals surface area contributed by atoms with Crippen LogP contribution in [0, 0.1) is 0 Å². The standard InChI is InChI=1S/C20H34N4O4S/c1-4-13-29(26,27)24-11-9-17(10-12-24)23-20(21-5-2)22-15-19(25)16-7-6-8-18(14-16)28-3/h6-8,14,17,19,25H,4-5,9-13,15H2,1-3H3,(H2,21,22,23). The Balaban J connectivity index is 1.92. The highest BCUT2D eigenvalue weighted by atomic mass is 32.2. The van der Waals surface area contributed by atoms with Gasteiger partial charge in [-0.25, -0.2) is 12.7 Å². The second kappa shape index (κ2) is 11.4. The van der Waals surface area contributed by atoms with Crippen LogP contribution in [0.5, 0.6) is 5.75 Å². The summed E-state index contributed by atoms with van der Waals surface area (Å²) in [6.45, 7) is 5.81. The van der Waals surface area contributed by atoms with Crippen LogP contribution in [0.4, 0.5) is 0 Å². The fraction of sp³-hybridized carbons (Fsp3) is 0.650. The lowest BCUT2D eigenvalue weighted by Gasteiger charge is -2.32. The van der Waals surface area contributed by atoms with E-state index in [0.29, 0.717) is 37.8 Å². The van der Waals surface area contributed by atoms with E-state index in [1.54, 1.807) is 17.5 Å². The minimum Gasteiger partial charge on any atom is -0.497 e. The van der Waals surface area contributed by atoms with E-state index in [2.05, 4.69) is 15.6 Å². The van der Waals surface area contributed by atoms with Gasteiger partial charge < -0.3 is 20.5 Å². The predicted octanol–water partition coefficient (Wildman–Crippen LogP) is 1.49. The molecule has 9 heteroatoms. The number of hydrogen-bond acceptors (Lipinski definition) is 5. The van der Waals surface area contributed by atoms with Crippen molar-refractivity contribution in [2.24, 2.45) is 4.99 Å². The van der Waals surface area contributed by atoms with Gasteiger partial charge >= 0.3 is 0 Å². The summed E-state index contributed by atoms with van der Waals surface area (Å²) in [4.78, 5) is 4.51. The Kier molecular flexibility index (Phi) is 9.19. The first kappa shape index (κ1) is 23.4. The molecule has 1 aliphatic rings. The topological polar surface area (TPSA) is 103 Å². The number of sulfonamides is 1. The SMILES string of the molecule is CCCS(=O)(=O)N1CCC(NC(=NCC(O)c2cccc(OC)c2)NCC)CC1. The molecule has 1 fully saturated rings. The minimum absolute atomic E-state index is 0.148. The molecule has 0 radical (unpaired) electrons. The van der Waals surface area contributed by atoms with Gasteiger partial charge in [0.1, 0.15) is 5.75 Å². The van der Waals surface area contributed by atoms with E-state index in [9.17, 15) is 13.5 Å². The van der Waals surface area contributed by atoms with Gasteiger partial charge in [0, 0.05) is 25.7 Å². The molecule has 1 unspecified atom stereocenters. The van der Waals surface area contributed by atoms with Crippen molar-refractivity contribution in [3.8, 4) is 5.75 Å². The van der Waals surface area contributed by atoms with Crippen LogP contribution >= 0.6 is 0 Å². The molecule has 0 amide bonds. The number of ether oxygens (including phenoxy) is 1. The van der Waals surface area contributed by atoms with Gasteiger partial charge in [0.2, 0.25) is 10.0 Å². The third kappa shape index (κ3) is 7.17. The largest absolute Gasteiger partial charge is 0.497 e. The number of piperidine rings is 1. The molecule has 3 N–H and O–H groups in total. The van der Waals surface area contributed by atoms with Crippen molar-refractivity contribution < 1.29 is 18.3 Å². The van der Waals surface area contributed by atoms with Crippen LogP contribution in [0.3, 0.4) is 0 Å². The number of guanidine groups is 1. The second-order valence-corrected chi connectivity index (χ2v) is 9.23. The molecule has 0 bridgehead atoms. The molecule has 29 heavy (non-hydrogen) atoms. The Morgan fingerprint density at radius 2 is 2.07 bits per heavy atom. The van der Waals surface area contributed by atoms with Gasteiger partial charge in [-0.1, -0.05) is 19.1 Å². The van der Waals surface area contributed by atoms with Crippen molar-refractivity contribution in [2.45, 2.75) is 45.3 Å². The van der Waals surface area contributed by atoms with Crippen LogP contribution in [0.15, 0.2) is 29.3 Å². The Morgan fingerprint density at radius 3 is 2.69 bits per heavy atom. The number of aliphatic hydroxyl groups excluding tert-OH is 1. The monoisotopic (exact) mass is 426 g/mol. The average molecular weight is 427 g/mol. The summed E-state index contributed by atoms with van der Waals surface area (Å²) in [6, 6.07) is 7.46. The van der Waals surface area contributed by atoms with Crippen LogP contribution in [-0.2, 0) is 10.0 Å². The van der Waals surface area contributed by atoms with E-state index in [1.807, 2.05) is 32.0 Å². The first-order chi connectivity index (χ1) is 13.9. The number of rotatable bonds is 9. The van der Waals surface area contributed by atoms with Crippen molar-refractivity contribution >= 4 is 16.0 Å². The fourth-order valence-corrected chi connectivity index (χ4v) is 4.85. The van der Waals surface area contributed by atoms with E-state index >= 15 is 0 Å². The normalized spacial score (nSPS) is 17.7. The second-order valence-electron chi connectivity index (χ2n) is 7.15. The zero-order chi connectivity index (χ0) is 21.3. The Morgan fingerprint density at radius 1 is 1.34 bits per heavy atom. The van der Waals surface area contributed by atoms with Crippen LogP contribution < -0.4 is 15.4 Å². The van der Waals surface area contributed by atoms with E-state index in [-0.39, 0.29) is 18.3 Å². The summed E-state index contributed by atoms with van der Waals surface area (Å²) in [7, 11) is -1.54. The number of methoxy groups -OCH3 is 1. The molecule has 2 rings (SSSR count). The highest BCUT2D eigenvalue weighted by Gasteiger charge is 2.27. The smallest absolute Gasteiger partial charge is 0.214 e. The Hall–Kier alpha value is -1.84. The number of nitrogens with zero attached hydrogens (tertiary/aromatic N) is 2. The lowest BCUT2D eigenvalue weighted by atomic mass is 10.1. The maximum absolute atomic E-state index is 12.2. The lowest BCUT2D eigenvalue weighted by Crippen LogP contribution is -2.50. The lowest BCUT2D eigenvalue weighted by molar-refractivity contribution is 0.186. The predicted molar refractivity (Wildman–Crippen MR) is 116 cm³/mol. The zero-order valence-electron chi connectivity index (χ0n) is 17.6. The van der Waals surface area contributed by atoms with Gasteiger partial charge in [0.25, 0.3) is 0 Å². The molecular weight excluding hydrogens is 392 g/mol. The average Bonchev–Trinajstić information content (AvgIpc) is 2.72. The van der Waals surface area contributed by atoms with Gasteiger partial charge in [-0.3, -0.25) is 4.99 Å². The number of aliphatic imine (C=N–C) groups is 1. The van der Waals surface area contributed by atoms with Crippen molar-refractivity contribution in [1.29, 1.82) is 0 Å². The maximum atomic E-state index is 12.2. The Bertz CT molecular complexity index is 761. The van der Waals surface area contributed by atoms with Crippen molar-refractivity contribution in [1.82, 2.24) is 14.9 Å². The minimum atomic E-state index is -3.14. The molecule has 0 aliphatic carbocycles. The summed E-state index contributed by atoms with van der Waals surface area (Å²) in [5.41, 5.74) is 0.749. The molecule has 1 aromatic rings. The van der Waals surface area contributed by atoms with Crippen molar-refractivity contribution in [3.63, 3.8) is 0 Å². The van der Waals surface area contributed by atoms with Gasteiger partial charge in [0.05, 0.1) is 25.5 Å². The maximum Gasteiger partial charge on any atom is 0.214 e. The highest BCUT2D eigenvalue weighted by molar-refractivity contribution is 7.89. The molecule has 0 spiro atoms. The first-order valence-electron chi connectivity index (χ1n) is 10.2. The zero-order valence-corrected chi connectivity index (χ0v) is 18.4. The highest BCUT2D eigenvalue weighted by Crippen LogP contribution is 2.19. The molecule has 1 atom stereocenters. The molecule has 1 aliphatic heterocycles. The van der Waals surface area contributed by atoms with Gasteiger partial charge in [-0.15, -0.1) is 0 Å². The summed E-state index contributed by atoms with van der Waals surface area (Å²) >= 11 is 0. The molecule has 1 saturated heterocycles. The van der Waals surface area contributed by atoms with E-state index in [0.717, 1.165) is 18.4 Å². The molecule has 164 valence electrons. The summed E-state index contributed by atoms with van der Waals surface area (Å²) < 4.78 is 31.2. The van der Waals surface area contributed by atoms with E-state index < -0.39 is 16.1 Å².